The van der Waals surface area contributed by atoms with Crippen LogP contribution >= 0.6 is 7.82 Å². The first-order valence-electron chi connectivity index (χ1n) is 24.6. The van der Waals surface area contributed by atoms with E-state index in [4.69, 9.17) is 14.0 Å². The molecule has 0 radical (unpaired) electrons. The van der Waals surface area contributed by atoms with Crippen LogP contribution in [0.1, 0.15) is 219 Å². The van der Waals surface area contributed by atoms with Crippen molar-refractivity contribution in [3.8, 4) is 0 Å². The Kier molecular flexibility index (Phi) is 45.0. The van der Waals surface area contributed by atoms with Gasteiger partial charge in [-0.3, -0.25) is 18.6 Å². The molecule has 0 spiro atoms. The third kappa shape index (κ3) is 46.8. The van der Waals surface area contributed by atoms with Gasteiger partial charge in [0.2, 0.25) is 0 Å². The monoisotopic (exact) mass is 875 g/mol. The maximum Gasteiger partial charge on any atom is 0.472 e. The SMILES string of the molecule is CC/C=C\C/C=C\C/C=C\C/C=C\CCCCCCCCCCCCC(=O)OC(COC(=O)CCCCCCCCCCC/C=C\C/C=C\CCCCC)COP(=O)(O)OC. The molecule has 0 aromatic heterocycles. The molecule has 352 valence electrons. The zero-order valence-corrected chi connectivity index (χ0v) is 40.2. The van der Waals surface area contributed by atoms with Crippen LogP contribution in [0.4, 0.5) is 0 Å². The van der Waals surface area contributed by atoms with E-state index in [-0.39, 0.29) is 25.4 Å². The van der Waals surface area contributed by atoms with E-state index in [1.807, 2.05) is 0 Å². The lowest BCUT2D eigenvalue weighted by molar-refractivity contribution is -0.161. The second kappa shape index (κ2) is 47.0. The van der Waals surface area contributed by atoms with E-state index in [9.17, 15) is 19.0 Å². The number of carbonyl (C=O) groups excluding carboxylic acids is 2. The molecule has 0 heterocycles. The molecule has 0 aliphatic heterocycles. The largest absolute Gasteiger partial charge is 0.472 e. The van der Waals surface area contributed by atoms with E-state index in [1.54, 1.807) is 0 Å². The molecule has 0 bridgehead atoms. The maximum absolute atomic E-state index is 12.6. The van der Waals surface area contributed by atoms with Gasteiger partial charge in [-0.2, -0.15) is 0 Å². The number of hydrogen-bond donors (Lipinski definition) is 1. The van der Waals surface area contributed by atoms with Crippen LogP contribution in [-0.2, 0) is 32.7 Å². The van der Waals surface area contributed by atoms with Crippen molar-refractivity contribution in [1.29, 1.82) is 0 Å². The normalized spacial score (nSPS) is 13.8. The summed E-state index contributed by atoms with van der Waals surface area (Å²) < 4.78 is 32.1. The average molecular weight is 875 g/mol. The van der Waals surface area contributed by atoms with Gasteiger partial charge in [-0.25, -0.2) is 4.57 Å². The Balaban J connectivity index is 3.94. The number of esters is 2. The highest BCUT2D eigenvalue weighted by Crippen LogP contribution is 2.42. The van der Waals surface area contributed by atoms with Crippen LogP contribution in [0.15, 0.2) is 72.9 Å². The first-order valence-corrected chi connectivity index (χ1v) is 26.1. The smallest absolute Gasteiger partial charge is 0.462 e. The molecule has 0 fully saturated rings. The Labute approximate surface area is 374 Å². The number of carbonyl (C=O) groups is 2. The number of unbranched alkanes of at least 4 members (excludes halogenated alkanes) is 22. The van der Waals surface area contributed by atoms with Crippen molar-refractivity contribution in [2.45, 2.75) is 225 Å². The summed E-state index contributed by atoms with van der Waals surface area (Å²) in [6.45, 7) is 3.76. The zero-order chi connectivity index (χ0) is 44.6. The maximum atomic E-state index is 12.6. The van der Waals surface area contributed by atoms with Crippen molar-refractivity contribution < 1.29 is 37.6 Å². The topological polar surface area (TPSA) is 108 Å². The summed E-state index contributed by atoms with van der Waals surface area (Å²) >= 11 is 0. The first kappa shape index (κ1) is 58.5. The Bertz CT molecular complexity index is 1220. The lowest BCUT2D eigenvalue weighted by atomic mass is 10.0. The molecule has 1 N–H and O–H groups in total. The van der Waals surface area contributed by atoms with Crippen molar-refractivity contribution in [3.05, 3.63) is 72.9 Å². The molecule has 0 rings (SSSR count). The average Bonchev–Trinajstić information content (AvgIpc) is 3.25. The van der Waals surface area contributed by atoms with Gasteiger partial charge in [0.1, 0.15) is 6.61 Å². The van der Waals surface area contributed by atoms with Crippen molar-refractivity contribution in [2.75, 3.05) is 20.3 Å². The Morgan fingerprint density at radius 1 is 0.475 bits per heavy atom. The van der Waals surface area contributed by atoms with Crippen LogP contribution in [0.3, 0.4) is 0 Å². The van der Waals surface area contributed by atoms with Gasteiger partial charge < -0.3 is 14.4 Å². The van der Waals surface area contributed by atoms with Crippen LogP contribution in [0.5, 0.6) is 0 Å². The number of hydrogen-bond acceptors (Lipinski definition) is 7. The van der Waals surface area contributed by atoms with E-state index >= 15 is 0 Å². The molecule has 0 aliphatic carbocycles. The number of phosphoric ester groups is 1. The second-order valence-corrected chi connectivity index (χ2v) is 17.8. The molecule has 61 heavy (non-hydrogen) atoms. The molecule has 9 heteroatoms. The van der Waals surface area contributed by atoms with Gasteiger partial charge in [-0.15, -0.1) is 0 Å². The standard InChI is InChI=1S/C52H91O8P/c1-4-6-8-10-12-14-16-18-20-22-24-25-26-27-29-31-33-35-37-39-41-43-45-47-52(54)60-50(49-59-61(55,56)57-3)48-58-51(53)46-44-42-40-38-36-34-32-30-28-23-21-19-17-15-13-11-9-7-5-2/h6,8,12-15,18-21,24-25,50H,4-5,7,9-11,16-17,22-23,26-49H2,1-3H3,(H,55,56)/b8-6-,14-12-,15-13-,20-18-,21-19-,25-24-. The number of ether oxygens (including phenoxy) is 2. The highest BCUT2D eigenvalue weighted by atomic mass is 31.2. The van der Waals surface area contributed by atoms with Crippen LogP contribution in [-0.4, -0.2) is 43.3 Å². The summed E-state index contributed by atoms with van der Waals surface area (Å²) in [6.07, 6.45) is 61.0. The van der Waals surface area contributed by atoms with E-state index in [0.717, 1.165) is 84.2 Å². The summed E-state index contributed by atoms with van der Waals surface area (Å²) in [4.78, 5) is 34.6. The predicted octanol–water partition coefficient (Wildman–Crippen LogP) is 16.1. The van der Waals surface area contributed by atoms with Gasteiger partial charge in [0, 0.05) is 20.0 Å². The Hall–Kier alpha value is -2.51. The van der Waals surface area contributed by atoms with E-state index in [1.165, 1.54) is 109 Å². The fraction of sp³-hybridized carbons (Fsp3) is 0.731. The highest BCUT2D eigenvalue weighted by molar-refractivity contribution is 7.47. The van der Waals surface area contributed by atoms with Crippen LogP contribution in [0.2, 0.25) is 0 Å². The molecule has 2 unspecified atom stereocenters. The van der Waals surface area contributed by atoms with Gasteiger partial charge in [-0.05, 0) is 83.5 Å². The minimum Gasteiger partial charge on any atom is -0.462 e. The Morgan fingerprint density at radius 2 is 0.836 bits per heavy atom. The summed E-state index contributed by atoms with van der Waals surface area (Å²) in [7, 11) is -3.21. The first-order chi connectivity index (χ1) is 29.8. The molecule has 0 amide bonds. The van der Waals surface area contributed by atoms with Gasteiger partial charge >= 0.3 is 19.8 Å². The van der Waals surface area contributed by atoms with Gasteiger partial charge in [-0.1, -0.05) is 196 Å². The zero-order valence-electron chi connectivity index (χ0n) is 39.3. The molecule has 2 atom stereocenters. The van der Waals surface area contributed by atoms with E-state index in [0.29, 0.717) is 6.42 Å². The Morgan fingerprint density at radius 3 is 1.25 bits per heavy atom. The van der Waals surface area contributed by atoms with Crippen molar-refractivity contribution >= 4 is 19.8 Å². The molecule has 0 aromatic carbocycles. The summed E-state index contributed by atoms with van der Waals surface area (Å²) in [6, 6.07) is 0. The third-order valence-corrected chi connectivity index (χ3v) is 11.4. The molecular formula is C52H91O8P. The van der Waals surface area contributed by atoms with E-state index in [2.05, 4.69) is 91.3 Å². The summed E-state index contributed by atoms with van der Waals surface area (Å²) in [5, 5.41) is 0. The minimum absolute atomic E-state index is 0.231. The molecule has 0 saturated carbocycles. The number of rotatable bonds is 45. The molecule has 0 aliphatic rings. The van der Waals surface area contributed by atoms with Gasteiger partial charge in [0.15, 0.2) is 6.10 Å². The summed E-state index contributed by atoms with van der Waals surface area (Å²) in [5.74, 6) is -0.813. The fourth-order valence-corrected chi connectivity index (χ4v) is 7.14. The molecule has 0 aromatic rings. The quantitative estimate of drug-likeness (QED) is 0.0279. The molecular weight excluding hydrogens is 784 g/mol. The fourth-order valence-electron chi connectivity index (χ4n) is 6.68. The predicted molar refractivity (Wildman–Crippen MR) is 258 cm³/mol. The number of phosphoric acid groups is 1. The second-order valence-electron chi connectivity index (χ2n) is 16.2. The van der Waals surface area contributed by atoms with Crippen LogP contribution in [0, 0.1) is 0 Å². The summed E-state index contributed by atoms with van der Waals surface area (Å²) in [5.41, 5.74) is 0. The third-order valence-electron chi connectivity index (χ3n) is 10.4. The molecule has 0 saturated heterocycles. The van der Waals surface area contributed by atoms with Crippen molar-refractivity contribution in [2.24, 2.45) is 0 Å². The highest BCUT2D eigenvalue weighted by Gasteiger charge is 2.24. The molecule has 8 nitrogen and oxygen atoms in total. The van der Waals surface area contributed by atoms with Crippen molar-refractivity contribution in [3.63, 3.8) is 0 Å². The van der Waals surface area contributed by atoms with Gasteiger partial charge in [0.05, 0.1) is 6.61 Å². The lowest BCUT2D eigenvalue weighted by Gasteiger charge is -2.19. The minimum atomic E-state index is -4.27. The number of allylic oxidation sites excluding steroid dienone is 12. The van der Waals surface area contributed by atoms with Crippen LogP contribution in [0.25, 0.3) is 0 Å². The van der Waals surface area contributed by atoms with E-state index < -0.39 is 26.5 Å². The van der Waals surface area contributed by atoms with Crippen LogP contribution < -0.4 is 0 Å². The lowest BCUT2D eigenvalue weighted by Crippen LogP contribution is -2.29. The van der Waals surface area contributed by atoms with Gasteiger partial charge in [0.25, 0.3) is 0 Å². The van der Waals surface area contributed by atoms with Crippen molar-refractivity contribution in [1.82, 2.24) is 0 Å².